The van der Waals surface area contributed by atoms with Gasteiger partial charge in [-0.05, 0) is 47.5 Å². The second-order valence-electron chi connectivity index (χ2n) is 8.47. The fourth-order valence-corrected chi connectivity index (χ4v) is 4.63. The van der Waals surface area contributed by atoms with Crippen molar-refractivity contribution in [3.05, 3.63) is 78.4 Å². The van der Waals surface area contributed by atoms with Crippen LogP contribution in [0.3, 0.4) is 0 Å². The number of hydrogen-bond donors (Lipinski definition) is 2. The molecule has 0 saturated carbocycles. The van der Waals surface area contributed by atoms with E-state index in [4.69, 9.17) is 9.47 Å². The molecule has 5 aromatic rings. The lowest BCUT2D eigenvalue weighted by atomic mass is 9.99. The summed E-state index contributed by atoms with van der Waals surface area (Å²) in [5, 5.41) is 12.1. The summed E-state index contributed by atoms with van der Waals surface area (Å²) in [5.74, 6) is 0.646. The predicted octanol–water partition coefficient (Wildman–Crippen LogP) is 6.41. The monoisotopic (exact) mass is 433 g/mol. The maximum Gasteiger partial charge on any atom is 0.137 e. The van der Waals surface area contributed by atoms with Crippen LogP contribution in [0.15, 0.2) is 72.8 Å². The normalized spacial score (nSPS) is 14.5. The molecule has 33 heavy (non-hydrogen) atoms. The van der Waals surface area contributed by atoms with E-state index < -0.39 is 0 Å². The highest BCUT2D eigenvalue weighted by Gasteiger charge is 2.18. The number of para-hydroxylation sites is 1. The van der Waals surface area contributed by atoms with E-state index in [9.17, 15) is 5.26 Å². The fraction of sp³-hybridized carbons (Fsp3) is 0.179. The highest BCUT2D eigenvalue weighted by atomic mass is 16.5. The third-order valence-corrected chi connectivity index (χ3v) is 6.36. The van der Waals surface area contributed by atoms with Crippen LogP contribution in [0.25, 0.3) is 44.3 Å². The van der Waals surface area contributed by atoms with Crippen molar-refractivity contribution in [2.24, 2.45) is 0 Å². The number of aromatic amines is 2. The molecular weight excluding hydrogens is 410 g/mol. The SMILES string of the molecule is N#Cc1cc(-c2cccc3[nH]c(-c4cc5ccccc5[nH]4)cc23)ccc1OC1CCOCC1. The molecule has 1 fully saturated rings. The summed E-state index contributed by atoms with van der Waals surface area (Å²) in [7, 11) is 0. The number of nitriles is 1. The van der Waals surface area contributed by atoms with Gasteiger partial charge in [0.05, 0.1) is 30.2 Å². The van der Waals surface area contributed by atoms with Gasteiger partial charge < -0.3 is 19.4 Å². The number of nitrogens with zero attached hydrogens (tertiary/aromatic N) is 1. The number of rotatable bonds is 4. The molecule has 0 amide bonds. The van der Waals surface area contributed by atoms with Crippen LogP contribution in [0.2, 0.25) is 0 Å². The molecule has 5 nitrogen and oxygen atoms in total. The van der Waals surface area contributed by atoms with Crippen molar-refractivity contribution in [1.29, 1.82) is 5.26 Å². The lowest BCUT2D eigenvalue weighted by Gasteiger charge is -2.24. The second kappa shape index (κ2) is 8.16. The zero-order chi connectivity index (χ0) is 22.2. The van der Waals surface area contributed by atoms with Crippen molar-refractivity contribution in [2.75, 3.05) is 13.2 Å². The van der Waals surface area contributed by atoms with E-state index in [0.29, 0.717) is 24.5 Å². The van der Waals surface area contributed by atoms with E-state index in [1.807, 2.05) is 36.4 Å². The molecule has 0 spiro atoms. The van der Waals surface area contributed by atoms with Crippen LogP contribution in [0.4, 0.5) is 0 Å². The Balaban J connectivity index is 1.38. The van der Waals surface area contributed by atoms with E-state index in [2.05, 4.69) is 52.4 Å². The minimum Gasteiger partial charge on any atom is -0.489 e. The molecule has 1 aliphatic heterocycles. The molecule has 6 rings (SSSR count). The lowest BCUT2D eigenvalue weighted by molar-refractivity contribution is 0.0254. The first-order chi connectivity index (χ1) is 16.3. The molecule has 3 heterocycles. The molecule has 2 aromatic heterocycles. The van der Waals surface area contributed by atoms with Gasteiger partial charge in [0, 0.05) is 34.6 Å². The topological polar surface area (TPSA) is 73.8 Å². The highest BCUT2D eigenvalue weighted by molar-refractivity contribution is 5.99. The number of aromatic nitrogens is 2. The van der Waals surface area contributed by atoms with Gasteiger partial charge in [0.25, 0.3) is 0 Å². The number of benzene rings is 3. The third-order valence-electron chi connectivity index (χ3n) is 6.36. The Hall–Kier alpha value is -4.01. The summed E-state index contributed by atoms with van der Waals surface area (Å²) >= 11 is 0. The van der Waals surface area contributed by atoms with E-state index in [-0.39, 0.29) is 6.10 Å². The molecule has 2 N–H and O–H groups in total. The third kappa shape index (κ3) is 3.65. The average Bonchev–Trinajstić information content (AvgIpc) is 3.49. The summed E-state index contributed by atoms with van der Waals surface area (Å²) in [4.78, 5) is 7.04. The van der Waals surface area contributed by atoms with Crippen molar-refractivity contribution < 1.29 is 9.47 Å². The summed E-state index contributed by atoms with van der Waals surface area (Å²) < 4.78 is 11.5. The molecule has 162 valence electrons. The number of fused-ring (bicyclic) bond motifs is 2. The molecule has 5 heteroatoms. The lowest BCUT2D eigenvalue weighted by Crippen LogP contribution is -2.26. The quantitative estimate of drug-likeness (QED) is 0.344. The first-order valence-corrected chi connectivity index (χ1v) is 11.3. The van der Waals surface area contributed by atoms with Crippen molar-refractivity contribution >= 4 is 21.8 Å². The molecule has 0 bridgehead atoms. The van der Waals surface area contributed by atoms with E-state index in [1.165, 1.54) is 5.39 Å². The van der Waals surface area contributed by atoms with Gasteiger partial charge in [-0.1, -0.05) is 36.4 Å². The van der Waals surface area contributed by atoms with Crippen LogP contribution in [-0.4, -0.2) is 29.3 Å². The fourth-order valence-electron chi connectivity index (χ4n) is 4.63. The Morgan fingerprint density at radius 1 is 0.848 bits per heavy atom. The minimum atomic E-state index is 0.101. The Morgan fingerprint density at radius 2 is 1.64 bits per heavy atom. The summed E-state index contributed by atoms with van der Waals surface area (Å²) in [6.45, 7) is 1.41. The first kappa shape index (κ1) is 19.7. The maximum atomic E-state index is 9.79. The molecule has 1 saturated heterocycles. The van der Waals surface area contributed by atoms with Crippen molar-refractivity contribution in [3.63, 3.8) is 0 Å². The molecule has 0 radical (unpaired) electrons. The number of ether oxygens (including phenoxy) is 2. The molecule has 3 aromatic carbocycles. The Kier molecular flexibility index (Phi) is 4.86. The summed E-state index contributed by atoms with van der Waals surface area (Å²) in [5.41, 5.74) is 6.90. The molecule has 0 unspecified atom stereocenters. The van der Waals surface area contributed by atoms with Gasteiger partial charge in [0.2, 0.25) is 0 Å². The van der Waals surface area contributed by atoms with E-state index in [1.54, 1.807) is 0 Å². The second-order valence-corrected chi connectivity index (χ2v) is 8.47. The van der Waals surface area contributed by atoms with Gasteiger partial charge in [0.15, 0.2) is 0 Å². The molecule has 0 aliphatic carbocycles. The van der Waals surface area contributed by atoms with Crippen LogP contribution >= 0.6 is 0 Å². The van der Waals surface area contributed by atoms with Crippen LogP contribution in [0, 0.1) is 11.3 Å². The van der Waals surface area contributed by atoms with Crippen LogP contribution in [-0.2, 0) is 4.74 Å². The minimum absolute atomic E-state index is 0.101. The number of nitrogens with one attached hydrogen (secondary N) is 2. The first-order valence-electron chi connectivity index (χ1n) is 11.3. The van der Waals surface area contributed by atoms with Gasteiger partial charge in [-0.15, -0.1) is 0 Å². The zero-order valence-corrected chi connectivity index (χ0v) is 18.1. The Labute approximate surface area is 191 Å². The molecular formula is C28H23N3O2. The zero-order valence-electron chi connectivity index (χ0n) is 18.1. The van der Waals surface area contributed by atoms with Crippen LogP contribution in [0.1, 0.15) is 18.4 Å². The molecule has 1 aliphatic rings. The van der Waals surface area contributed by atoms with Crippen molar-refractivity contribution in [1.82, 2.24) is 9.97 Å². The van der Waals surface area contributed by atoms with Gasteiger partial charge >= 0.3 is 0 Å². The van der Waals surface area contributed by atoms with Crippen molar-refractivity contribution in [3.8, 4) is 34.3 Å². The van der Waals surface area contributed by atoms with Gasteiger partial charge in [-0.25, -0.2) is 0 Å². The van der Waals surface area contributed by atoms with Gasteiger partial charge in [-0.2, -0.15) is 5.26 Å². The Morgan fingerprint density at radius 3 is 2.48 bits per heavy atom. The molecule has 0 atom stereocenters. The maximum absolute atomic E-state index is 9.79. The number of H-pyrrole nitrogens is 2. The summed E-state index contributed by atoms with van der Waals surface area (Å²) in [6.07, 6.45) is 1.81. The van der Waals surface area contributed by atoms with Crippen LogP contribution < -0.4 is 4.74 Å². The van der Waals surface area contributed by atoms with Gasteiger partial charge in [0.1, 0.15) is 17.9 Å². The average molecular weight is 434 g/mol. The van der Waals surface area contributed by atoms with Crippen molar-refractivity contribution in [2.45, 2.75) is 18.9 Å². The standard InChI is InChI=1S/C28H23N3O2/c29-17-20-14-18(8-9-28(20)33-21-10-12-32-13-11-21)22-5-3-7-25-23(22)16-27(31-25)26-15-19-4-1-2-6-24(19)30-26/h1-9,14-16,21,30-31H,10-13H2. The van der Waals surface area contributed by atoms with E-state index >= 15 is 0 Å². The van der Waals surface area contributed by atoms with E-state index in [0.717, 1.165) is 51.8 Å². The summed E-state index contributed by atoms with van der Waals surface area (Å²) in [6, 6.07) is 27.1. The van der Waals surface area contributed by atoms with Crippen LogP contribution in [0.5, 0.6) is 5.75 Å². The van der Waals surface area contributed by atoms with Gasteiger partial charge in [-0.3, -0.25) is 0 Å². The predicted molar refractivity (Wildman–Crippen MR) is 130 cm³/mol. The largest absolute Gasteiger partial charge is 0.489 e. The Bertz CT molecular complexity index is 1470. The smallest absolute Gasteiger partial charge is 0.137 e. The number of hydrogen-bond acceptors (Lipinski definition) is 3. The highest BCUT2D eigenvalue weighted by Crippen LogP contribution is 2.35.